The van der Waals surface area contributed by atoms with Crippen molar-refractivity contribution >= 4 is 34.9 Å². The molecule has 138 valence electrons. The molecule has 1 heterocycles. The van der Waals surface area contributed by atoms with Crippen molar-refractivity contribution in [1.82, 2.24) is 15.0 Å². The highest BCUT2D eigenvalue weighted by atomic mass is 15.3. The molecule has 7 nitrogen and oxygen atoms in total. The normalized spacial score (nSPS) is 13.2. The number of aryl methyl sites for hydroxylation is 1. The first-order valence-corrected chi connectivity index (χ1v) is 9.10. The SMILES string of the molecule is Cc1ccc(Nc2nc(NCC3CC3)nc(Nc3cccc(N)c3)n2)cc1. The van der Waals surface area contributed by atoms with Crippen LogP contribution in [0.2, 0.25) is 0 Å². The van der Waals surface area contributed by atoms with E-state index in [-0.39, 0.29) is 0 Å². The minimum atomic E-state index is 0.462. The minimum Gasteiger partial charge on any atom is -0.399 e. The summed E-state index contributed by atoms with van der Waals surface area (Å²) in [5.74, 6) is 2.22. The van der Waals surface area contributed by atoms with Crippen LogP contribution in [0.4, 0.5) is 34.9 Å². The third-order valence-corrected chi connectivity index (χ3v) is 4.33. The zero-order valence-corrected chi connectivity index (χ0v) is 15.2. The van der Waals surface area contributed by atoms with Crippen molar-refractivity contribution < 1.29 is 0 Å². The Labute approximate surface area is 158 Å². The molecular weight excluding hydrogens is 338 g/mol. The third kappa shape index (κ3) is 4.84. The fraction of sp³-hybridized carbons (Fsp3) is 0.250. The Hall–Kier alpha value is -3.35. The van der Waals surface area contributed by atoms with E-state index in [4.69, 9.17) is 5.73 Å². The largest absolute Gasteiger partial charge is 0.399 e. The van der Waals surface area contributed by atoms with Crippen LogP contribution in [0.3, 0.4) is 0 Å². The van der Waals surface area contributed by atoms with Crippen LogP contribution in [0, 0.1) is 12.8 Å². The minimum absolute atomic E-state index is 0.462. The van der Waals surface area contributed by atoms with Gasteiger partial charge in [-0.25, -0.2) is 0 Å². The van der Waals surface area contributed by atoms with Crippen LogP contribution < -0.4 is 21.7 Å². The van der Waals surface area contributed by atoms with Gasteiger partial charge in [0.15, 0.2) is 0 Å². The van der Waals surface area contributed by atoms with Gasteiger partial charge in [0.2, 0.25) is 17.8 Å². The summed E-state index contributed by atoms with van der Waals surface area (Å²) in [6, 6.07) is 15.6. The molecule has 3 aromatic rings. The Kier molecular flexibility index (Phi) is 4.74. The van der Waals surface area contributed by atoms with Gasteiger partial charge in [0, 0.05) is 23.6 Å². The molecule has 0 amide bonds. The Morgan fingerprint density at radius 1 is 0.889 bits per heavy atom. The average Bonchev–Trinajstić information content (AvgIpc) is 3.46. The number of nitrogens with two attached hydrogens (primary N) is 1. The van der Waals surface area contributed by atoms with Crippen LogP contribution in [0.25, 0.3) is 0 Å². The number of anilines is 6. The van der Waals surface area contributed by atoms with Crippen molar-refractivity contribution in [2.75, 3.05) is 28.2 Å². The molecule has 0 unspecified atom stereocenters. The Balaban J connectivity index is 1.58. The topological polar surface area (TPSA) is 101 Å². The molecule has 0 saturated heterocycles. The molecule has 2 aromatic carbocycles. The Bertz CT molecular complexity index is 920. The average molecular weight is 361 g/mol. The smallest absolute Gasteiger partial charge is 0.233 e. The quantitative estimate of drug-likeness (QED) is 0.471. The van der Waals surface area contributed by atoms with Gasteiger partial charge in [0.05, 0.1) is 0 Å². The lowest BCUT2D eigenvalue weighted by molar-refractivity contribution is 0.870. The number of rotatable bonds is 7. The number of aromatic nitrogens is 3. The van der Waals surface area contributed by atoms with E-state index in [9.17, 15) is 0 Å². The van der Waals surface area contributed by atoms with Gasteiger partial charge in [-0.2, -0.15) is 15.0 Å². The van der Waals surface area contributed by atoms with Crippen molar-refractivity contribution in [1.29, 1.82) is 0 Å². The lowest BCUT2D eigenvalue weighted by Crippen LogP contribution is -2.11. The Morgan fingerprint density at radius 2 is 1.56 bits per heavy atom. The molecule has 1 saturated carbocycles. The molecule has 1 aliphatic rings. The van der Waals surface area contributed by atoms with E-state index >= 15 is 0 Å². The predicted octanol–water partition coefficient (Wildman–Crippen LogP) is 4.07. The maximum absolute atomic E-state index is 5.86. The van der Waals surface area contributed by atoms with Crippen molar-refractivity contribution in [3.8, 4) is 0 Å². The van der Waals surface area contributed by atoms with E-state index in [1.807, 2.05) is 48.5 Å². The fourth-order valence-corrected chi connectivity index (χ4v) is 2.64. The lowest BCUT2D eigenvalue weighted by Gasteiger charge is -2.11. The van der Waals surface area contributed by atoms with Crippen LogP contribution in [0.5, 0.6) is 0 Å². The summed E-state index contributed by atoms with van der Waals surface area (Å²) >= 11 is 0. The van der Waals surface area contributed by atoms with Gasteiger partial charge in [-0.05, 0) is 56.0 Å². The highest BCUT2D eigenvalue weighted by molar-refractivity contribution is 5.62. The van der Waals surface area contributed by atoms with E-state index in [1.165, 1.54) is 18.4 Å². The monoisotopic (exact) mass is 361 g/mol. The first-order valence-electron chi connectivity index (χ1n) is 9.10. The second kappa shape index (κ2) is 7.49. The summed E-state index contributed by atoms with van der Waals surface area (Å²) in [6.45, 7) is 2.94. The van der Waals surface area contributed by atoms with E-state index in [0.717, 1.165) is 23.8 Å². The molecule has 0 spiro atoms. The van der Waals surface area contributed by atoms with E-state index < -0.39 is 0 Å². The van der Waals surface area contributed by atoms with E-state index in [2.05, 4.69) is 37.8 Å². The van der Waals surface area contributed by atoms with Gasteiger partial charge in [-0.15, -0.1) is 0 Å². The molecule has 0 aliphatic heterocycles. The van der Waals surface area contributed by atoms with Gasteiger partial charge in [-0.3, -0.25) is 0 Å². The van der Waals surface area contributed by atoms with Gasteiger partial charge >= 0.3 is 0 Å². The molecule has 1 aliphatic carbocycles. The maximum Gasteiger partial charge on any atom is 0.233 e. The third-order valence-electron chi connectivity index (χ3n) is 4.33. The number of benzene rings is 2. The standard InChI is InChI=1S/C20H23N7/c1-13-5-9-16(10-6-13)23-19-25-18(22-12-14-7-8-14)26-20(27-19)24-17-4-2-3-15(21)11-17/h2-6,9-11,14H,7-8,12,21H2,1H3,(H3,22,23,24,25,26,27). The van der Waals surface area contributed by atoms with Crippen molar-refractivity contribution in [3.63, 3.8) is 0 Å². The molecule has 27 heavy (non-hydrogen) atoms. The highest BCUT2D eigenvalue weighted by Crippen LogP contribution is 2.29. The molecule has 5 N–H and O–H groups in total. The molecule has 0 radical (unpaired) electrons. The Morgan fingerprint density at radius 3 is 2.22 bits per heavy atom. The van der Waals surface area contributed by atoms with Gasteiger partial charge in [-0.1, -0.05) is 23.8 Å². The van der Waals surface area contributed by atoms with E-state index in [0.29, 0.717) is 23.5 Å². The summed E-state index contributed by atoms with van der Waals surface area (Å²) in [6.07, 6.45) is 2.53. The molecule has 4 rings (SSSR count). The molecule has 0 bridgehead atoms. The van der Waals surface area contributed by atoms with Crippen molar-refractivity contribution in [3.05, 3.63) is 54.1 Å². The number of hydrogen-bond acceptors (Lipinski definition) is 7. The second-order valence-corrected chi connectivity index (χ2v) is 6.87. The number of nitrogens with one attached hydrogen (secondary N) is 3. The summed E-state index contributed by atoms with van der Waals surface area (Å²) < 4.78 is 0. The number of nitrogens with zero attached hydrogens (tertiary/aromatic N) is 3. The highest BCUT2D eigenvalue weighted by Gasteiger charge is 2.21. The predicted molar refractivity (Wildman–Crippen MR) is 110 cm³/mol. The van der Waals surface area contributed by atoms with Crippen molar-refractivity contribution in [2.24, 2.45) is 5.92 Å². The van der Waals surface area contributed by atoms with Crippen LogP contribution in [-0.2, 0) is 0 Å². The van der Waals surface area contributed by atoms with Gasteiger partial charge in [0.25, 0.3) is 0 Å². The van der Waals surface area contributed by atoms with Crippen LogP contribution in [0.15, 0.2) is 48.5 Å². The first-order chi connectivity index (χ1) is 13.1. The lowest BCUT2D eigenvalue weighted by atomic mass is 10.2. The number of hydrogen-bond donors (Lipinski definition) is 4. The molecule has 0 atom stereocenters. The van der Waals surface area contributed by atoms with Crippen LogP contribution in [-0.4, -0.2) is 21.5 Å². The maximum atomic E-state index is 5.86. The molecular formula is C20H23N7. The van der Waals surface area contributed by atoms with Gasteiger partial charge < -0.3 is 21.7 Å². The molecule has 1 fully saturated rings. The zero-order valence-electron chi connectivity index (χ0n) is 15.2. The first kappa shape index (κ1) is 17.1. The fourth-order valence-electron chi connectivity index (χ4n) is 2.64. The van der Waals surface area contributed by atoms with Crippen LogP contribution >= 0.6 is 0 Å². The van der Waals surface area contributed by atoms with E-state index in [1.54, 1.807) is 0 Å². The second-order valence-electron chi connectivity index (χ2n) is 6.87. The molecule has 1 aromatic heterocycles. The summed E-state index contributed by atoms with van der Waals surface area (Å²) in [4.78, 5) is 13.5. The van der Waals surface area contributed by atoms with Gasteiger partial charge in [0.1, 0.15) is 0 Å². The van der Waals surface area contributed by atoms with Crippen molar-refractivity contribution in [2.45, 2.75) is 19.8 Å². The molecule has 7 heteroatoms. The summed E-state index contributed by atoms with van der Waals surface area (Å²) in [5, 5.41) is 9.76. The van der Waals surface area contributed by atoms with Crippen LogP contribution in [0.1, 0.15) is 18.4 Å². The summed E-state index contributed by atoms with van der Waals surface area (Å²) in [5.41, 5.74) is 9.49. The summed E-state index contributed by atoms with van der Waals surface area (Å²) in [7, 11) is 0. The zero-order chi connectivity index (χ0) is 18.6. The number of nitrogen functional groups attached to an aromatic ring is 1.